The fourth-order valence-electron chi connectivity index (χ4n) is 4.56. The number of aromatic nitrogens is 1. The molecule has 3 N–H and O–H groups in total. The van der Waals surface area contributed by atoms with Crippen molar-refractivity contribution >= 4 is 6.03 Å². The van der Waals surface area contributed by atoms with Crippen LogP contribution in [0.2, 0.25) is 0 Å². The van der Waals surface area contributed by atoms with Crippen LogP contribution in [-0.4, -0.2) is 35.7 Å². The summed E-state index contributed by atoms with van der Waals surface area (Å²) in [6, 6.07) is 7.24. The van der Waals surface area contributed by atoms with Crippen LogP contribution in [0.1, 0.15) is 56.7 Å². The number of ether oxygens (including phenoxy) is 1. The number of alkyl halides is 4. The molecule has 2 amide bonds. The molecule has 1 aliphatic carbocycles. The number of aromatic hydroxyl groups is 1. The number of hydrogen-bond acceptors (Lipinski definition) is 4. The average molecular weight is 588 g/mol. The molecule has 0 spiro atoms. The third-order valence-electron chi connectivity index (χ3n) is 6.60. The van der Waals surface area contributed by atoms with Gasteiger partial charge in [0, 0.05) is 19.4 Å². The Kier molecular flexibility index (Phi) is 13.1. The van der Waals surface area contributed by atoms with Crippen LogP contribution in [0.5, 0.6) is 11.5 Å². The Balaban J connectivity index is 0.000000661. The maximum absolute atomic E-state index is 13.6. The zero-order valence-corrected chi connectivity index (χ0v) is 23.8. The number of carbonyl (C=O) groups is 1. The molecule has 0 radical (unpaired) electrons. The Labute approximate surface area is 244 Å². The summed E-state index contributed by atoms with van der Waals surface area (Å²) in [6.07, 6.45) is 11.1. The van der Waals surface area contributed by atoms with Gasteiger partial charge in [0.2, 0.25) is 0 Å². The smallest absolute Gasteiger partial charge is 0.461 e. The van der Waals surface area contributed by atoms with Gasteiger partial charge in [-0.25, -0.2) is 4.79 Å². The number of benzene rings is 1. The van der Waals surface area contributed by atoms with Crippen molar-refractivity contribution in [3.63, 3.8) is 0 Å². The first-order valence-electron chi connectivity index (χ1n) is 13.5. The summed E-state index contributed by atoms with van der Waals surface area (Å²) in [5.41, 5.74) is -0.350. The summed E-state index contributed by atoms with van der Waals surface area (Å²) in [4.78, 5) is 16.8. The molecule has 1 aromatic heterocycles. The van der Waals surface area contributed by atoms with Crippen LogP contribution in [0.25, 0.3) is 0 Å². The lowest BCUT2D eigenvalue weighted by Crippen LogP contribution is -2.50. The van der Waals surface area contributed by atoms with Crippen LogP contribution >= 0.6 is 0 Å². The van der Waals surface area contributed by atoms with Gasteiger partial charge < -0.3 is 20.5 Å². The van der Waals surface area contributed by atoms with Gasteiger partial charge in [-0.05, 0) is 55.2 Å². The van der Waals surface area contributed by atoms with E-state index in [1.165, 1.54) is 69.5 Å². The van der Waals surface area contributed by atoms with E-state index in [1.54, 1.807) is 25.2 Å². The summed E-state index contributed by atoms with van der Waals surface area (Å²) in [5.74, 6) is 2.74. The highest BCUT2D eigenvalue weighted by molar-refractivity contribution is 5.75. The number of allylic oxidation sites excluding steroid dienone is 4. The molecule has 226 valence electrons. The largest absolute Gasteiger partial charge is 0.506 e. The van der Waals surface area contributed by atoms with Crippen molar-refractivity contribution in [2.45, 2.75) is 63.5 Å². The minimum atomic E-state index is -4.72. The van der Waals surface area contributed by atoms with Gasteiger partial charge in [0.15, 0.2) is 0 Å². The molecule has 1 heterocycles. The fourth-order valence-corrected chi connectivity index (χ4v) is 4.56. The number of urea groups is 1. The molecule has 0 bridgehead atoms. The van der Waals surface area contributed by atoms with Crippen molar-refractivity contribution in [2.75, 3.05) is 7.05 Å². The first-order chi connectivity index (χ1) is 20.0. The van der Waals surface area contributed by atoms with Gasteiger partial charge in [0.1, 0.15) is 17.0 Å². The number of rotatable bonds is 10. The maximum atomic E-state index is 13.6. The van der Waals surface area contributed by atoms with E-state index in [2.05, 4.69) is 32.9 Å². The molecule has 0 unspecified atom stereocenters. The topological polar surface area (TPSA) is 83.5 Å². The second kappa shape index (κ2) is 16.2. The standard InChI is InChI=1S/C24H25F4N3O3.C8H12/c1-4-7-16(8-5-2)14-23(31-22(33)29-3,20-12-11-18(32)15-30-20)17-9-6-10-19(13-17)34-24(27,28)21(25)26;1-2-8-6-4-3-5-7-8/h4-13,15,21,32H,1,14H2,2-3H3,(H2,29,31,33);1,8H,3-7H2/b8-5-,16-7+;/t23-;/m0./s1. The fraction of sp³-hybridized carbons (Fsp3) is 0.375. The molecule has 10 heteroatoms. The lowest BCUT2D eigenvalue weighted by Gasteiger charge is -2.36. The van der Waals surface area contributed by atoms with Gasteiger partial charge in [-0.3, -0.25) is 4.98 Å². The number of nitrogens with one attached hydrogen (secondary N) is 2. The monoisotopic (exact) mass is 587 g/mol. The lowest BCUT2D eigenvalue weighted by atomic mass is 9.80. The number of carbonyl (C=O) groups excluding carboxylic acids is 1. The number of hydrogen-bond donors (Lipinski definition) is 3. The van der Waals surface area contributed by atoms with E-state index >= 15 is 0 Å². The van der Waals surface area contributed by atoms with E-state index in [9.17, 15) is 27.5 Å². The molecule has 0 saturated heterocycles. The first-order valence-corrected chi connectivity index (χ1v) is 13.5. The number of nitrogens with zero attached hydrogens (tertiary/aromatic N) is 1. The highest BCUT2D eigenvalue weighted by Crippen LogP contribution is 2.38. The van der Waals surface area contributed by atoms with E-state index in [-0.39, 0.29) is 23.4 Å². The number of amides is 2. The second-order valence-electron chi connectivity index (χ2n) is 9.66. The first kappa shape index (κ1) is 33.9. The van der Waals surface area contributed by atoms with E-state index in [0.717, 1.165) is 18.3 Å². The lowest BCUT2D eigenvalue weighted by molar-refractivity contribution is -0.253. The molecule has 0 aliphatic heterocycles. The summed E-state index contributed by atoms with van der Waals surface area (Å²) in [5, 5.41) is 15.0. The molecular formula is C32H37F4N3O3. The summed E-state index contributed by atoms with van der Waals surface area (Å²) in [6.45, 7) is 5.47. The van der Waals surface area contributed by atoms with Crippen LogP contribution < -0.4 is 15.4 Å². The summed E-state index contributed by atoms with van der Waals surface area (Å²) < 4.78 is 56.8. The Morgan fingerprint density at radius 2 is 1.98 bits per heavy atom. The van der Waals surface area contributed by atoms with Crippen molar-refractivity contribution in [3.05, 3.63) is 90.3 Å². The Bertz CT molecular complexity index is 1270. The van der Waals surface area contributed by atoms with E-state index < -0.39 is 29.9 Å². The van der Waals surface area contributed by atoms with Gasteiger partial charge in [-0.1, -0.05) is 62.3 Å². The normalized spacial score (nSPS) is 15.6. The van der Waals surface area contributed by atoms with Crippen LogP contribution in [-0.2, 0) is 5.54 Å². The van der Waals surface area contributed by atoms with Crippen molar-refractivity contribution in [3.8, 4) is 23.8 Å². The second-order valence-corrected chi connectivity index (χ2v) is 9.66. The van der Waals surface area contributed by atoms with Crippen LogP contribution in [0.3, 0.4) is 0 Å². The van der Waals surface area contributed by atoms with Crippen molar-refractivity contribution in [1.29, 1.82) is 0 Å². The number of pyridine rings is 1. The average Bonchev–Trinajstić information content (AvgIpc) is 2.98. The van der Waals surface area contributed by atoms with E-state index in [1.807, 2.05) is 0 Å². The van der Waals surface area contributed by atoms with Crippen LogP contribution in [0, 0.1) is 18.3 Å². The number of halogens is 4. The molecule has 1 aromatic carbocycles. The van der Waals surface area contributed by atoms with E-state index in [0.29, 0.717) is 11.5 Å². The van der Waals surface area contributed by atoms with Crippen molar-refractivity contribution < 1.29 is 32.2 Å². The Morgan fingerprint density at radius 3 is 2.50 bits per heavy atom. The molecular weight excluding hydrogens is 550 g/mol. The molecule has 1 saturated carbocycles. The van der Waals surface area contributed by atoms with Gasteiger partial charge in [0.05, 0.1) is 11.9 Å². The zero-order chi connectivity index (χ0) is 31.2. The van der Waals surface area contributed by atoms with Crippen molar-refractivity contribution in [1.82, 2.24) is 15.6 Å². The predicted molar refractivity (Wildman–Crippen MR) is 155 cm³/mol. The van der Waals surface area contributed by atoms with Gasteiger partial charge >= 0.3 is 18.6 Å². The summed E-state index contributed by atoms with van der Waals surface area (Å²) >= 11 is 0. The van der Waals surface area contributed by atoms with Gasteiger partial charge in [0.25, 0.3) is 0 Å². The predicted octanol–water partition coefficient (Wildman–Crippen LogP) is 7.48. The zero-order valence-electron chi connectivity index (χ0n) is 23.8. The minimum Gasteiger partial charge on any atom is -0.506 e. The summed E-state index contributed by atoms with van der Waals surface area (Å²) in [7, 11) is 1.39. The molecule has 1 atom stereocenters. The van der Waals surface area contributed by atoms with Gasteiger partial charge in [-0.2, -0.15) is 17.6 Å². The Morgan fingerprint density at radius 1 is 1.26 bits per heavy atom. The molecule has 6 nitrogen and oxygen atoms in total. The maximum Gasteiger partial charge on any atom is 0.461 e. The highest BCUT2D eigenvalue weighted by atomic mass is 19.3. The molecule has 3 rings (SSSR count). The van der Waals surface area contributed by atoms with Crippen molar-refractivity contribution in [2.24, 2.45) is 5.92 Å². The SMILES string of the molecule is C#CC1CCCCC1.C=C/C=C(\C=C/C)C[C@](NC(=O)NC)(c1cccc(OC(F)(F)C(F)F)c1)c1ccc(O)cn1. The molecule has 1 fully saturated rings. The minimum absolute atomic E-state index is 0.0588. The number of terminal acetylenes is 1. The van der Waals surface area contributed by atoms with Gasteiger partial charge in [-0.15, -0.1) is 12.3 Å². The van der Waals surface area contributed by atoms with E-state index in [4.69, 9.17) is 6.42 Å². The highest BCUT2D eigenvalue weighted by Gasteiger charge is 2.44. The third-order valence-corrected chi connectivity index (χ3v) is 6.60. The quantitative estimate of drug-likeness (QED) is 0.153. The molecule has 42 heavy (non-hydrogen) atoms. The Hall–Kier alpha value is -4.26. The van der Waals surface area contributed by atoms with Crippen LogP contribution in [0.4, 0.5) is 22.4 Å². The van der Waals surface area contributed by atoms with Crippen LogP contribution in [0.15, 0.2) is 79.1 Å². The molecule has 2 aromatic rings. The third kappa shape index (κ3) is 9.68. The molecule has 1 aliphatic rings.